The minimum Gasteiger partial charge on any atom is -0.477 e. The number of nitrogens with one attached hydrogen (secondary N) is 1. The number of hydrogen-bond donors (Lipinski definition) is 1. The van der Waals surface area contributed by atoms with Gasteiger partial charge in [0.1, 0.15) is 0 Å². The molecule has 1 N–H and O–H groups in total. The van der Waals surface area contributed by atoms with E-state index in [0.717, 1.165) is 23.1 Å². The topological polar surface area (TPSA) is 93.8 Å². The molecule has 1 amide bonds. The number of rotatable bonds is 8. The lowest BCUT2D eigenvalue weighted by Gasteiger charge is -2.33. The molecule has 0 saturated carbocycles. The fourth-order valence-corrected chi connectivity index (χ4v) is 3.71. The second kappa shape index (κ2) is 9.73. The van der Waals surface area contributed by atoms with Gasteiger partial charge in [0.25, 0.3) is 5.91 Å². The van der Waals surface area contributed by atoms with Crippen molar-refractivity contribution < 1.29 is 14.5 Å². The van der Waals surface area contributed by atoms with Crippen molar-refractivity contribution in [3.63, 3.8) is 0 Å². The van der Waals surface area contributed by atoms with Crippen LogP contribution in [0.15, 0.2) is 47.6 Å². The standard InChI is InChI=1S/C24H31N3O4/c1-17-9-7-8-10-18(17)14-25-26-22(28)15-31-21-12-11-19(13-20(21)27(29)30)24(5,6)16-23(2,3)4/h7-14H,15-16H2,1-6H3,(H,26,28). The Hall–Kier alpha value is -3.22. The first-order valence-electron chi connectivity index (χ1n) is 10.2. The lowest BCUT2D eigenvalue weighted by atomic mass is 9.72. The molecule has 0 aliphatic heterocycles. The zero-order chi connectivity index (χ0) is 23.2. The third-order valence-corrected chi connectivity index (χ3v) is 4.85. The van der Waals surface area contributed by atoms with Gasteiger partial charge in [-0.3, -0.25) is 14.9 Å². The number of benzene rings is 2. The maximum Gasteiger partial charge on any atom is 0.311 e. The van der Waals surface area contributed by atoms with Crippen LogP contribution in [0.5, 0.6) is 5.75 Å². The van der Waals surface area contributed by atoms with Gasteiger partial charge in [-0.05, 0) is 46.9 Å². The smallest absolute Gasteiger partial charge is 0.311 e. The first kappa shape index (κ1) is 24.1. The van der Waals surface area contributed by atoms with E-state index >= 15 is 0 Å². The molecule has 0 aromatic heterocycles. The van der Waals surface area contributed by atoms with E-state index in [1.54, 1.807) is 12.3 Å². The molecule has 0 aliphatic rings. The summed E-state index contributed by atoms with van der Waals surface area (Å²) >= 11 is 0. The van der Waals surface area contributed by atoms with Crippen molar-refractivity contribution in [2.75, 3.05) is 6.61 Å². The number of carbonyl (C=O) groups is 1. The van der Waals surface area contributed by atoms with Gasteiger partial charge in [-0.25, -0.2) is 5.43 Å². The quantitative estimate of drug-likeness (QED) is 0.360. The van der Waals surface area contributed by atoms with E-state index < -0.39 is 10.8 Å². The van der Waals surface area contributed by atoms with Gasteiger partial charge in [-0.15, -0.1) is 0 Å². The molecular weight excluding hydrogens is 394 g/mol. The Balaban J connectivity index is 2.06. The van der Waals surface area contributed by atoms with Crippen LogP contribution >= 0.6 is 0 Å². The van der Waals surface area contributed by atoms with Gasteiger partial charge >= 0.3 is 5.69 Å². The van der Waals surface area contributed by atoms with Crippen LogP contribution in [0.3, 0.4) is 0 Å². The number of hydrazone groups is 1. The zero-order valence-electron chi connectivity index (χ0n) is 19.1. The van der Waals surface area contributed by atoms with Crippen molar-refractivity contribution in [2.45, 2.75) is 53.4 Å². The summed E-state index contributed by atoms with van der Waals surface area (Å²) in [6.07, 6.45) is 2.40. The van der Waals surface area contributed by atoms with Crippen molar-refractivity contribution in [1.29, 1.82) is 0 Å². The van der Waals surface area contributed by atoms with Gasteiger partial charge in [-0.2, -0.15) is 5.10 Å². The number of aryl methyl sites for hydroxylation is 1. The maximum atomic E-state index is 12.0. The van der Waals surface area contributed by atoms with E-state index in [1.165, 1.54) is 6.07 Å². The van der Waals surface area contributed by atoms with Crippen LogP contribution in [0.4, 0.5) is 5.69 Å². The number of amides is 1. The summed E-state index contributed by atoms with van der Waals surface area (Å²) in [6.45, 7) is 12.1. The molecule has 166 valence electrons. The van der Waals surface area contributed by atoms with Crippen LogP contribution < -0.4 is 10.2 Å². The van der Waals surface area contributed by atoms with Crippen LogP contribution in [-0.4, -0.2) is 23.7 Å². The molecule has 2 rings (SSSR count). The molecule has 0 saturated heterocycles. The number of nitro groups is 1. The number of nitro benzene ring substituents is 1. The predicted molar refractivity (Wildman–Crippen MR) is 123 cm³/mol. The molecule has 7 heteroatoms. The molecule has 2 aromatic rings. The van der Waals surface area contributed by atoms with Crippen molar-refractivity contribution in [1.82, 2.24) is 5.43 Å². The lowest BCUT2D eigenvalue weighted by Crippen LogP contribution is -2.26. The highest BCUT2D eigenvalue weighted by Gasteiger charge is 2.29. The van der Waals surface area contributed by atoms with Gasteiger partial charge in [-0.1, -0.05) is 65.0 Å². The van der Waals surface area contributed by atoms with Crippen molar-refractivity contribution in [3.05, 3.63) is 69.3 Å². The van der Waals surface area contributed by atoms with Gasteiger partial charge in [0.15, 0.2) is 12.4 Å². The highest BCUT2D eigenvalue weighted by atomic mass is 16.6. The molecule has 0 spiro atoms. The summed E-state index contributed by atoms with van der Waals surface area (Å²) in [4.78, 5) is 23.1. The second-order valence-corrected chi connectivity index (χ2v) is 9.50. The summed E-state index contributed by atoms with van der Waals surface area (Å²) in [5.74, 6) is -0.449. The fourth-order valence-electron chi connectivity index (χ4n) is 3.71. The third kappa shape index (κ3) is 7.20. The van der Waals surface area contributed by atoms with Crippen molar-refractivity contribution in [3.8, 4) is 5.75 Å². The van der Waals surface area contributed by atoms with Crippen molar-refractivity contribution >= 4 is 17.8 Å². The van der Waals surface area contributed by atoms with Gasteiger partial charge in [0.2, 0.25) is 0 Å². The Kier molecular flexibility index (Phi) is 7.55. The Morgan fingerprint density at radius 1 is 1.16 bits per heavy atom. The van der Waals surface area contributed by atoms with E-state index in [-0.39, 0.29) is 28.9 Å². The minimum atomic E-state index is -0.503. The number of ether oxygens (including phenoxy) is 1. The molecule has 0 unspecified atom stereocenters. The van der Waals surface area contributed by atoms with Gasteiger partial charge < -0.3 is 4.74 Å². The minimum absolute atomic E-state index is 0.0540. The molecule has 0 atom stereocenters. The molecule has 31 heavy (non-hydrogen) atoms. The number of hydrogen-bond acceptors (Lipinski definition) is 5. The van der Waals surface area contributed by atoms with Crippen LogP contribution in [0.25, 0.3) is 0 Å². The van der Waals surface area contributed by atoms with E-state index in [4.69, 9.17) is 4.74 Å². The number of carbonyl (C=O) groups excluding carboxylic acids is 1. The summed E-state index contributed by atoms with van der Waals surface area (Å²) < 4.78 is 5.43. The molecule has 0 heterocycles. The van der Waals surface area contributed by atoms with Gasteiger partial charge in [0.05, 0.1) is 11.1 Å². The molecular formula is C24H31N3O4. The summed E-state index contributed by atoms with van der Waals surface area (Å²) in [7, 11) is 0. The average Bonchev–Trinajstić information content (AvgIpc) is 2.65. The van der Waals surface area contributed by atoms with E-state index in [0.29, 0.717) is 0 Å². The first-order chi connectivity index (χ1) is 14.4. The Labute approximate surface area is 183 Å². The predicted octanol–water partition coefficient (Wildman–Crippen LogP) is 5.15. The molecule has 7 nitrogen and oxygen atoms in total. The monoisotopic (exact) mass is 425 g/mol. The highest BCUT2D eigenvalue weighted by Crippen LogP contribution is 2.39. The Bertz CT molecular complexity index is 975. The summed E-state index contributed by atoms with van der Waals surface area (Å²) in [6, 6.07) is 12.5. The van der Waals surface area contributed by atoms with Crippen molar-refractivity contribution in [2.24, 2.45) is 10.5 Å². The Morgan fingerprint density at radius 3 is 2.45 bits per heavy atom. The zero-order valence-corrected chi connectivity index (χ0v) is 19.1. The molecule has 0 aliphatic carbocycles. The SMILES string of the molecule is Cc1ccccc1C=NNC(=O)COc1ccc(C(C)(C)CC(C)(C)C)cc1[N+](=O)[O-]. The van der Waals surface area contributed by atoms with Gasteiger partial charge in [0, 0.05) is 6.07 Å². The first-order valence-corrected chi connectivity index (χ1v) is 10.2. The van der Waals surface area contributed by atoms with Crippen LogP contribution in [0, 0.1) is 22.5 Å². The second-order valence-electron chi connectivity index (χ2n) is 9.50. The fraction of sp³-hybridized carbons (Fsp3) is 0.417. The summed E-state index contributed by atoms with van der Waals surface area (Å²) in [5, 5.41) is 15.5. The summed E-state index contributed by atoms with van der Waals surface area (Å²) in [5.41, 5.74) is 4.81. The van der Waals surface area contributed by atoms with Crippen LogP contribution in [-0.2, 0) is 10.2 Å². The van der Waals surface area contributed by atoms with E-state index in [2.05, 4.69) is 45.1 Å². The molecule has 0 radical (unpaired) electrons. The Morgan fingerprint density at radius 2 is 1.84 bits per heavy atom. The van der Waals surface area contributed by atoms with E-state index in [9.17, 15) is 14.9 Å². The van der Waals surface area contributed by atoms with Crippen LogP contribution in [0.1, 0.15) is 57.7 Å². The maximum absolute atomic E-state index is 12.0. The largest absolute Gasteiger partial charge is 0.477 e. The molecule has 0 bridgehead atoms. The number of nitrogens with zero attached hydrogens (tertiary/aromatic N) is 2. The normalized spacial score (nSPS) is 12.1. The molecule has 2 aromatic carbocycles. The average molecular weight is 426 g/mol. The van der Waals surface area contributed by atoms with Crippen LogP contribution in [0.2, 0.25) is 0 Å². The lowest BCUT2D eigenvalue weighted by molar-refractivity contribution is -0.385. The highest BCUT2D eigenvalue weighted by molar-refractivity contribution is 5.84. The van der Waals surface area contributed by atoms with E-state index in [1.807, 2.05) is 37.3 Å². The third-order valence-electron chi connectivity index (χ3n) is 4.85. The molecule has 0 fully saturated rings.